The van der Waals surface area contributed by atoms with E-state index < -0.39 is 0 Å². The summed E-state index contributed by atoms with van der Waals surface area (Å²) < 4.78 is 0. The zero-order chi connectivity index (χ0) is 10.1. The molecule has 1 saturated heterocycles. The summed E-state index contributed by atoms with van der Waals surface area (Å²) in [5.74, 6) is 0.375. The minimum absolute atomic E-state index is 0.260. The molecule has 0 aromatic heterocycles. The fourth-order valence-electron chi connectivity index (χ4n) is 1.90. The zero-order valence-corrected chi connectivity index (χ0v) is 8.35. The van der Waals surface area contributed by atoms with Crippen molar-refractivity contribution in [1.29, 1.82) is 0 Å². The lowest BCUT2D eigenvalue weighted by Gasteiger charge is -2.41. The predicted molar refractivity (Wildman–Crippen MR) is 56.1 cm³/mol. The monoisotopic (exact) mass is 192 g/mol. The summed E-state index contributed by atoms with van der Waals surface area (Å²) >= 11 is 0. The molecule has 76 valence electrons. The highest BCUT2D eigenvalue weighted by molar-refractivity contribution is 5.34. The summed E-state index contributed by atoms with van der Waals surface area (Å²) in [5.41, 5.74) is 6.70. The molecule has 2 rings (SSSR count). The standard InChI is InChI=1S/C11H16N2O/c1-8(13-6-9(12)7-13)10-4-2-3-5-11(10)14/h2-5,8-9,14H,6-7,12H2,1H3. The van der Waals surface area contributed by atoms with Gasteiger partial charge in [0.25, 0.3) is 0 Å². The Kier molecular flexibility index (Phi) is 2.44. The van der Waals surface area contributed by atoms with Gasteiger partial charge >= 0.3 is 0 Å². The Morgan fingerprint density at radius 2 is 2.07 bits per heavy atom. The molecule has 1 unspecified atom stereocenters. The van der Waals surface area contributed by atoms with Gasteiger partial charge in [0.2, 0.25) is 0 Å². The first-order valence-electron chi connectivity index (χ1n) is 4.96. The first-order valence-corrected chi connectivity index (χ1v) is 4.96. The van der Waals surface area contributed by atoms with E-state index in [0.29, 0.717) is 11.8 Å². The van der Waals surface area contributed by atoms with E-state index in [9.17, 15) is 5.11 Å². The number of aromatic hydroxyl groups is 1. The molecule has 0 radical (unpaired) electrons. The van der Waals surface area contributed by atoms with Crippen LogP contribution in [0.1, 0.15) is 18.5 Å². The summed E-state index contributed by atoms with van der Waals surface area (Å²) in [6, 6.07) is 8.05. The summed E-state index contributed by atoms with van der Waals surface area (Å²) in [6.45, 7) is 3.95. The second-order valence-corrected chi connectivity index (χ2v) is 3.95. The van der Waals surface area contributed by atoms with E-state index >= 15 is 0 Å². The number of likely N-dealkylation sites (tertiary alicyclic amines) is 1. The van der Waals surface area contributed by atoms with Crippen molar-refractivity contribution in [3.8, 4) is 5.75 Å². The third-order valence-electron chi connectivity index (χ3n) is 2.87. The van der Waals surface area contributed by atoms with E-state index in [-0.39, 0.29) is 6.04 Å². The van der Waals surface area contributed by atoms with Crippen LogP contribution in [0.25, 0.3) is 0 Å². The molecule has 1 atom stereocenters. The van der Waals surface area contributed by atoms with Gasteiger partial charge in [-0.2, -0.15) is 0 Å². The SMILES string of the molecule is CC(c1ccccc1O)N1CC(N)C1. The number of nitrogens with two attached hydrogens (primary N) is 1. The Morgan fingerprint density at radius 3 is 2.64 bits per heavy atom. The molecule has 1 fully saturated rings. The zero-order valence-electron chi connectivity index (χ0n) is 8.35. The van der Waals surface area contributed by atoms with Crippen molar-refractivity contribution >= 4 is 0 Å². The average Bonchev–Trinajstić information content (AvgIpc) is 2.13. The Morgan fingerprint density at radius 1 is 1.43 bits per heavy atom. The predicted octanol–water partition coefficient (Wildman–Crippen LogP) is 1.10. The lowest BCUT2D eigenvalue weighted by Crippen LogP contribution is -2.56. The van der Waals surface area contributed by atoms with Crippen LogP contribution in [0.4, 0.5) is 0 Å². The number of nitrogens with zero attached hydrogens (tertiary/aromatic N) is 1. The third-order valence-corrected chi connectivity index (χ3v) is 2.87. The maximum Gasteiger partial charge on any atom is 0.120 e. The number of rotatable bonds is 2. The van der Waals surface area contributed by atoms with Gasteiger partial charge in [-0.25, -0.2) is 0 Å². The van der Waals surface area contributed by atoms with Crippen molar-refractivity contribution < 1.29 is 5.11 Å². The van der Waals surface area contributed by atoms with Gasteiger partial charge in [0.05, 0.1) is 0 Å². The first-order chi connectivity index (χ1) is 6.68. The second kappa shape index (κ2) is 3.59. The molecule has 1 aromatic carbocycles. The molecule has 0 saturated carbocycles. The van der Waals surface area contributed by atoms with Gasteiger partial charge in [-0.05, 0) is 13.0 Å². The molecule has 1 heterocycles. The second-order valence-electron chi connectivity index (χ2n) is 3.95. The number of phenolic OH excluding ortho intramolecular Hbond substituents is 1. The fourth-order valence-corrected chi connectivity index (χ4v) is 1.90. The number of benzene rings is 1. The molecule has 0 amide bonds. The summed E-state index contributed by atoms with van der Waals surface area (Å²) in [7, 11) is 0. The van der Waals surface area contributed by atoms with Crippen molar-refractivity contribution in [2.75, 3.05) is 13.1 Å². The van der Waals surface area contributed by atoms with Gasteiger partial charge in [-0.1, -0.05) is 18.2 Å². The number of para-hydroxylation sites is 1. The van der Waals surface area contributed by atoms with Gasteiger partial charge < -0.3 is 10.8 Å². The Balaban J connectivity index is 2.11. The van der Waals surface area contributed by atoms with E-state index in [0.717, 1.165) is 18.7 Å². The van der Waals surface area contributed by atoms with Crippen molar-refractivity contribution in [2.45, 2.75) is 19.0 Å². The molecule has 1 aromatic rings. The van der Waals surface area contributed by atoms with Crippen molar-refractivity contribution in [1.82, 2.24) is 4.90 Å². The van der Waals surface area contributed by atoms with Crippen LogP contribution in [0.15, 0.2) is 24.3 Å². The van der Waals surface area contributed by atoms with Crippen LogP contribution in [0.5, 0.6) is 5.75 Å². The lowest BCUT2D eigenvalue weighted by molar-refractivity contribution is 0.102. The molecule has 1 aliphatic rings. The largest absolute Gasteiger partial charge is 0.508 e. The first kappa shape index (κ1) is 9.49. The molecular weight excluding hydrogens is 176 g/mol. The highest BCUT2D eigenvalue weighted by atomic mass is 16.3. The van der Waals surface area contributed by atoms with E-state index in [4.69, 9.17) is 5.73 Å². The molecule has 1 aliphatic heterocycles. The molecule has 3 heteroatoms. The topological polar surface area (TPSA) is 49.5 Å². The van der Waals surface area contributed by atoms with Gasteiger partial charge in [0.15, 0.2) is 0 Å². The number of phenols is 1. The number of hydrogen-bond acceptors (Lipinski definition) is 3. The van der Waals surface area contributed by atoms with Gasteiger partial charge in [-0.3, -0.25) is 4.90 Å². The van der Waals surface area contributed by atoms with Crippen LogP contribution in [0, 0.1) is 0 Å². The number of hydrogen-bond donors (Lipinski definition) is 2. The molecule has 0 spiro atoms. The Hall–Kier alpha value is -1.06. The molecule has 3 N–H and O–H groups in total. The van der Waals surface area contributed by atoms with E-state index in [1.54, 1.807) is 6.07 Å². The fraction of sp³-hybridized carbons (Fsp3) is 0.455. The summed E-state index contributed by atoms with van der Waals surface area (Å²) in [5, 5.41) is 9.66. The van der Waals surface area contributed by atoms with E-state index in [1.165, 1.54) is 0 Å². The molecule has 3 nitrogen and oxygen atoms in total. The van der Waals surface area contributed by atoms with Crippen LogP contribution >= 0.6 is 0 Å². The third kappa shape index (κ3) is 1.61. The van der Waals surface area contributed by atoms with Crippen molar-refractivity contribution in [3.05, 3.63) is 29.8 Å². The van der Waals surface area contributed by atoms with Crippen LogP contribution in [0.3, 0.4) is 0 Å². The lowest BCUT2D eigenvalue weighted by atomic mass is 10.0. The average molecular weight is 192 g/mol. The Labute approximate surface area is 84.1 Å². The highest BCUT2D eigenvalue weighted by Gasteiger charge is 2.28. The molecular formula is C11H16N2O. The smallest absolute Gasteiger partial charge is 0.120 e. The molecule has 0 aliphatic carbocycles. The molecule has 14 heavy (non-hydrogen) atoms. The van der Waals surface area contributed by atoms with Crippen LogP contribution in [-0.2, 0) is 0 Å². The summed E-state index contributed by atoms with van der Waals surface area (Å²) in [4.78, 5) is 2.26. The quantitative estimate of drug-likeness (QED) is 0.737. The van der Waals surface area contributed by atoms with Crippen LogP contribution in [-0.4, -0.2) is 29.1 Å². The highest BCUT2D eigenvalue weighted by Crippen LogP contribution is 2.30. The van der Waals surface area contributed by atoms with E-state index in [2.05, 4.69) is 11.8 Å². The van der Waals surface area contributed by atoms with Crippen LogP contribution in [0.2, 0.25) is 0 Å². The van der Waals surface area contributed by atoms with Crippen molar-refractivity contribution in [3.63, 3.8) is 0 Å². The van der Waals surface area contributed by atoms with E-state index in [1.807, 2.05) is 18.2 Å². The summed E-state index contributed by atoms with van der Waals surface area (Å²) in [6.07, 6.45) is 0. The van der Waals surface area contributed by atoms with Gasteiger partial charge in [-0.15, -0.1) is 0 Å². The van der Waals surface area contributed by atoms with Gasteiger partial charge in [0.1, 0.15) is 5.75 Å². The minimum Gasteiger partial charge on any atom is -0.508 e. The normalized spacial score (nSPS) is 20.4. The van der Waals surface area contributed by atoms with Crippen molar-refractivity contribution in [2.24, 2.45) is 5.73 Å². The van der Waals surface area contributed by atoms with Gasteiger partial charge in [0, 0.05) is 30.7 Å². The molecule has 0 bridgehead atoms. The Bertz CT molecular complexity index is 321. The minimum atomic E-state index is 0.260. The maximum atomic E-state index is 9.66. The maximum absolute atomic E-state index is 9.66. The van der Waals surface area contributed by atoms with Crippen LogP contribution < -0.4 is 5.73 Å².